The summed E-state index contributed by atoms with van der Waals surface area (Å²) in [6.07, 6.45) is -4.36. The van der Waals surface area contributed by atoms with Crippen LogP contribution in [-0.4, -0.2) is 36.3 Å². The Bertz CT molecular complexity index is 596. The van der Waals surface area contributed by atoms with Crippen molar-refractivity contribution in [2.24, 2.45) is 11.7 Å². The lowest BCUT2D eigenvalue weighted by atomic mass is 10.1. The predicted molar refractivity (Wildman–Crippen MR) is 84.3 cm³/mol. The summed E-state index contributed by atoms with van der Waals surface area (Å²) in [5.74, 6) is -0.981. The van der Waals surface area contributed by atoms with E-state index < -0.39 is 17.7 Å². The van der Waals surface area contributed by atoms with Gasteiger partial charge in [-0.15, -0.1) is 12.4 Å². The van der Waals surface area contributed by atoms with E-state index in [-0.39, 0.29) is 43.7 Å². The third-order valence-electron chi connectivity index (χ3n) is 3.66. The van der Waals surface area contributed by atoms with E-state index in [4.69, 9.17) is 5.73 Å². The number of benzene rings is 1. The van der Waals surface area contributed by atoms with E-state index >= 15 is 0 Å². The zero-order chi connectivity index (χ0) is 17.0. The molecule has 134 valence electrons. The fourth-order valence-corrected chi connectivity index (χ4v) is 2.51. The van der Waals surface area contributed by atoms with E-state index in [1.807, 2.05) is 0 Å². The minimum absolute atomic E-state index is 0. The molecule has 1 unspecified atom stereocenters. The first-order chi connectivity index (χ1) is 10.8. The van der Waals surface area contributed by atoms with Crippen LogP contribution < -0.4 is 11.1 Å². The summed E-state index contributed by atoms with van der Waals surface area (Å²) < 4.78 is 38.1. The number of nitrogens with zero attached hydrogens (tertiary/aromatic N) is 1. The molecule has 0 spiro atoms. The molecular formula is C15H19ClF3N3O2. The number of alkyl halides is 3. The van der Waals surface area contributed by atoms with Crippen LogP contribution in [0.25, 0.3) is 0 Å². The zero-order valence-electron chi connectivity index (χ0n) is 12.8. The van der Waals surface area contributed by atoms with Crippen LogP contribution in [0.15, 0.2) is 24.3 Å². The Kier molecular flexibility index (Phi) is 7.04. The van der Waals surface area contributed by atoms with Crippen LogP contribution in [0.1, 0.15) is 17.5 Å². The van der Waals surface area contributed by atoms with Gasteiger partial charge in [0.1, 0.15) is 0 Å². The molecular weight excluding hydrogens is 347 g/mol. The van der Waals surface area contributed by atoms with Gasteiger partial charge in [0.2, 0.25) is 11.8 Å². The second kappa shape index (κ2) is 8.34. The number of hydrogen-bond donors (Lipinski definition) is 2. The van der Waals surface area contributed by atoms with Crippen LogP contribution >= 0.6 is 12.4 Å². The van der Waals surface area contributed by atoms with Crippen molar-refractivity contribution >= 4 is 24.2 Å². The Morgan fingerprint density at radius 2 is 2.08 bits per heavy atom. The van der Waals surface area contributed by atoms with E-state index in [9.17, 15) is 22.8 Å². The smallest absolute Gasteiger partial charge is 0.355 e. The first-order valence-electron chi connectivity index (χ1n) is 7.23. The van der Waals surface area contributed by atoms with Gasteiger partial charge in [-0.3, -0.25) is 9.59 Å². The maximum absolute atomic E-state index is 12.7. The predicted octanol–water partition coefficient (Wildman–Crippen LogP) is 1.55. The van der Waals surface area contributed by atoms with Crippen molar-refractivity contribution in [1.82, 2.24) is 10.2 Å². The van der Waals surface area contributed by atoms with Gasteiger partial charge < -0.3 is 16.0 Å². The molecule has 0 radical (unpaired) electrons. The minimum Gasteiger partial charge on any atom is -0.355 e. The number of amides is 2. The molecule has 9 heteroatoms. The number of hydrogen-bond acceptors (Lipinski definition) is 3. The van der Waals surface area contributed by atoms with Gasteiger partial charge in [-0.25, -0.2) is 0 Å². The molecule has 1 aliphatic heterocycles. The molecule has 1 aliphatic rings. The van der Waals surface area contributed by atoms with Gasteiger partial charge in [-0.1, -0.05) is 12.1 Å². The highest BCUT2D eigenvalue weighted by Gasteiger charge is 2.35. The van der Waals surface area contributed by atoms with Crippen LogP contribution in [0, 0.1) is 5.92 Å². The first-order valence-corrected chi connectivity index (χ1v) is 7.23. The summed E-state index contributed by atoms with van der Waals surface area (Å²) in [5, 5.41) is 2.62. The second-order valence-corrected chi connectivity index (χ2v) is 5.45. The molecule has 2 amide bonds. The summed E-state index contributed by atoms with van der Waals surface area (Å²) >= 11 is 0. The molecule has 3 N–H and O–H groups in total. The average Bonchev–Trinajstić information content (AvgIpc) is 2.85. The Labute approximate surface area is 143 Å². The Morgan fingerprint density at radius 1 is 1.38 bits per heavy atom. The summed E-state index contributed by atoms with van der Waals surface area (Å²) in [6.45, 7) is 0.895. The standard InChI is InChI=1S/C15H18F3N3O2.ClH/c16-15(17,18)12-3-1-2-10(6-12)8-21-9-11(7-13(21)22)14(23)20-5-4-19;/h1-3,6,11H,4-5,7-9,19H2,(H,20,23);1H. The van der Waals surface area contributed by atoms with Gasteiger partial charge in [0.05, 0.1) is 11.5 Å². The van der Waals surface area contributed by atoms with E-state index in [1.54, 1.807) is 0 Å². The van der Waals surface area contributed by atoms with Gasteiger partial charge in [-0.2, -0.15) is 13.2 Å². The average molecular weight is 366 g/mol. The molecule has 1 atom stereocenters. The fraction of sp³-hybridized carbons (Fsp3) is 0.467. The number of likely N-dealkylation sites (tertiary alicyclic amines) is 1. The summed E-state index contributed by atoms with van der Waals surface area (Å²) in [5.41, 5.74) is 4.93. The van der Waals surface area contributed by atoms with Crippen LogP contribution in [-0.2, 0) is 22.3 Å². The molecule has 0 aromatic heterocycles. The monoisotopic (exact) mass is 365 g/mol. The van der Waals surface area contributed by atoms with E-state index in [2.05, 4.69) is 5.32 Å². The number of carbonyl (C=O) groups is 2. The Morgan fingerprint density at radius 3 is 2.71 bits per heavy atom. The highest BCUT2D eigenvalue weighted by Crippen LogP contribution is 2.30. The Hall–Kier alpha value is -1.80. The molecule has 1 saturated heterocycles. The number of carbonyl (C=O) groups excluding carboxylic acids is 2. The van der Waals surface area contributed by atoms with E-state index in [0.717, 1.165) is 12.1 Å². The van der Waals surface area contributed by atoms with Crippen LogP contribution in [0.3, 0.4) is 0 Å². The molecule has 0 aliphatic carbocycles. The normalized spacial score (nSPS) is 17.6. The van der Waals surface area contributed by atoms with Crippen LogP contribution in [0.5, 0.6) is 0 Å². The molecule has 24 heavy (non-hydrogen) atoms. The third kappa shape index (κ3) is 5.10. The number of rotatable bonds is 5. The summed E-state index contributed by atoms with van der Waals surface area (Å²) in [7, 11) is 0. The van der Waals surface area contributed by atoms with Gasteiger partial charge in [0.25, 0.3) is 0 Å². The van der Waals surface area contributed by atoms with Crippen molar-refractivity contribution in [1.29, 1.82) is 0 Å². The lowest BCUT2D eigenvalue weighted by Crippen LogP contribution is -2.35. The molecule has 1 heterocycles. The third-order valence-corrected chi connectivity index (χ3v) is 3.66. The van der Waals surface area contributed by atoms with Crippen molar-refractivity contribution in [2.45, 2.75) is 19.1 Å². The van der Waals surface area contributed by atoms with Gasteiger partial charge in [0.15, 0.2) is 0 Å². The molecule has 1 aromatic carbocycles. The second-order valence-electron chi connectivity index (χ2n) is 5.45. The quantitative estimate of drug-likeness (QED) is 0.831. The van der Waals surface area contributed by atoms with Crippen molar-refractivity contribution in [2.75, 3.05) is 19.6 Å². The van der Waals surface area contributed by atoms with Gasteiger partial charge >= 0.3 is 6.18 Å². The number of halogens is 4. The highest BCUT2D eigenvalue weighted by molar-refractivity contribution is 5.89. The first kappa shape index (κ1) is 20.2. The molecule has 0 bridgehead atoms. The van der Waals surface area contributed by atoms with Crippen LogP contribution in [0.2, 0.25) is 0 Å². The largest absolute Gasteiger partial charge is 0.416 e. The SMILES string of the molecule is Cl.NCCNC(=O)C1CC(=O)N(Cc2cccc(C(F)(F)F)c2)C1. The molecule has 1 aromatic rings. The molecule has 0 saturated carbocycles. The lowest BCUT2D eigenvalue weighted by molar-refractivity contribution is -0.137. The van der Waals surface area contributed by atoms with Crippen molar-refractivity contribution in [3.05, 3.63) is 35.4 Å². The Balaban J connectivity index is 0.00000288. The zero-order valence-corrected chi connectivity index (χ0v) is 13.6. The summed E-state index contributed by atoms with van der Waals surface area (Å²) in [4.78, 5) is 25.2. The summed E-state index contributed by atoms with van der Waals surface area (Å²) in [6, 6.07) is 4.85. The van der Waals surface area contributed by atoms with E-state index in [0.29, 0.717) is 18.7 Å². The van der Waals surface area contributed by atoms with Gasteiger partial charge in [-0.05, 0) is 17.7 Å². The van der Waals surface area contributed by atoms with Crippen molar-refractivity contribution in [3.8, 4) is 0 Å². The minimum atomic E-state index is -4.42. The van der Waals surface area contributed by atoms with Crippen molar-refractivity contribution in [3.63, 3.8) is 0 Å². The molecule has 2 rings (SSSR count). The lowest BCUT2D eigenvalue weighted by Gasteiger charge is -2.17. The maximum Gasteiger partial charge on any atom is 0.416 e. The maximum atomic E-state index is 12.7. The van der Waals surface area contributed by atoms with Crippen molar-refractivity contribution < 1.29 is 22.8 Å². The van der Waals surface area contributed by atoms with Crippen LogP contribution in [0.4, 0.5) is 13.2 Å². The topological polar surface area (TPSA) is 75.4 Å². The fourth-order valence-electron chi connectivity index (χ4n) is 2.51. The number of nitrogens with two attached hydrogens (primary N) is 1. The molecule has 5 nitrogen and oxygen atoms in total. The number of nitrogens with one attached hydrogen (secondary N) is 1. The van der Waals surface area contributed by atoms with E-state index in [1.165, 1.54) is 17.0 Å². The van der Waals surface area contributed by atoms with Gasteiger partial charge in [0, 0.05) is 32.6 Å². The highest BCUT2D eigenvalue weighted by atomic mass is 35.5. The molecule has 1 fully saturated rings.